The first-order valence-corrected chi connectivity index (χ1v) is 16.8. The van der Waals surface area contributed by atoms with Crippen LogP contribution in [0.5, 0.6) is 0 Å². The molecule has 6 rings (SSSR count). The van der Waals surface area contributed by atoms with E-state index in [9.17, 15) is 16.8 Å². The SMILES string of the molecule is Cn1ccc2ccc(CNS(=O)(=O)c3ccc(Cc4ccc(S(=O)(=O)NCc5ccc6ccn(C)c6c5)cc4)cc3)cc21. The summed E-state index contributed by atoms with van der Waals surface area (Å²) in [6, 6.07) is 29.3. The third-order valence-electron chi connectivity index (χ3n) is 7.71. The summed E-state index contributed by atoms with van der Waals surface area (Å²) in [7, 11) is -3.46. The molecule has 0 fully saturated rings. The van der Waals surface area contributed by atoms with Gasteiger partial charge in [-0.25, -0.2) is 26.3 Å². The fourth-order valence-electron chi connectivity index (χ4n) is 5.17. The molecule has 0 radical (unpaired) electrons. The van der Waals surface area contributed by atoms with Crippen molar-refractivity contribution in [2.75, 3.05) is 0 Å². The average molecular weight is 613 g/mol. The van der Waals surface area contributed by atoms with Crippen LogP contribution in [0.4, 0.5) is 0 Å². The quantitative estimate of drug-likeness (QED) is 0.222. The summed E-state index contributed by atoms with van der Waals surface area (Å²) in [5.41, 5.74) is 5.68. The second kappa shape index (κ2) is 11.5. The largest absolute Gasteiger partial charge is 0.351 e. The Morgan fingerprint density at radius 1 is 0.512 bits per heavy atom. The lowest BCUT2D eigenvalue weighted by Gasteiger charge is -2.10. The fourth-order valence-corrected chi connectivity index (χ4v) is 7.20. The first kappa shape index (κ1) is 28.9. The molecule has 0 spiro atoms. The molecule has 10 heteroatoms. The first-order valence-electron chi connectivity index (χ1n) is 13.8. The van der Waals surface area contributed by atoms with Gasteiger partial charge in [0.15, 0.2) is 0 Å². The molecule has 0 saturated carbocycles. The minimum Gasteiger partial charge on any atom is -0.351 e. The second-order valence-electron chi connectivity index (χ2n) is 10.8. The maximum atomic E-state index is 12.9. The van der Waals surface area contributed by atoms with Crippen molar-refractivity contribution < 1.29 is 16.8 Å². The van der Waals surface area contributed by atoms with Crippen LogP contribution in [0.2, 0.25) is 0 Å². The molecule has 0 aliphatic heterocycles. The number of nitrogens with zero attached hydrogens (tertiary/aromatic N) is 2. The van der Waals surface area contributed by atoms with Crippen LogP contribution < -0.4 is 9.44 Å². The van der Waals surface area contributed by atoms with Crippen LogP contribution in [0.25, 0.3) is 21.8 Å². The van der Waals surface area contributed by atoms with E-state index < -0.39 is 20.0 Å². The van der Waals surface area contributed by atoms with Gasteiger partial charge in [-0.15, -0.1) is 0 Å². The normalized spacial score (nSPS) is 12.3. The predicted octanol–water partition coefficient (Wildman–Crippen LogP) is 5.22. The van der Waals surface area contributed by atoms with Gasteiger partial charge in [0.2, 0.25) is 20.0 Å². The van der Waals surface area contributed by atoms with Gasteiger partial charge in [0.05, 0.1) is 9.79 Å². The summed E-state index contributed by atoms with van der Waals surface area (Å²) >= 11 is 0. The van der Waals surface area contributed by atoms with Crippen molar-refractivity contribution in [3.8, 4) is 0 Å². The van der Waals surface area contributed by atoms with E-state index in [2.05, 4.69) is 9.44 Å². The summed E-state index contributed by atoms with van der Waals surface area (Å²) in [6.07, 6.45) is 4.49. The summed E-state index contributed by atoms with van der Waals surface area (Å²) in [4.78, 5) is 0.380. The van der Waals surface area contributed by atoms with E-state index >= 15 is 0 Å². The maximum absolute atomic E-state index is 12.9. The number of rotatable bonds is 10. The van der Waals surface area contributed by atoms with Crippen molar-refractivity contribution in [1.82, 2.24) is 18.6 Å². The van der Waals surface area contributed by atoms with E-state index in [0.29, 0.717) is 6.42 Å². The summed E-state index contributed by atoms with van der Waals surface area (Å²) in [5.74, 6) is 0. The minimum absolute atomic E-state index is 0.190. The molecular formula is C33H32N4O4S2. The lowest BCUT2D eigenvalue weighted by Crippen LogP contribution is -2.23. The van der Waals surface area contributed by atoms with Crippen molar-refractivity contribution in [2.45, 2.75) is 29.3 Å². The standard InChI is InChI=1S/C33H32N4O4S2/c1-36-17-15-28-9-3-26(20-32(28)36)22-34-42(38,39)30-11-5-24(6-12-30)19-25-7-13-31(14-8-25)43(40,41)35-23-27-4-10-29-16-18-37(2)33(29)21-27/h3-18,20-21,34-35H,19,22-23H2,1-2H3. The highest BCUT2D eigenvalue weighted by Gasteiger charge is 2.16. The van der Waals surface area contributed by atoms with E-state index in [1.807, 2.05) is 84.2 Å². The van der Waals surface area contributed by atoms with Crippen molar-refractivity contribution >= 4 is 41.9 Å². The molecule has 0 bridgehead atoms. The zero-order valence-electron chi connectivity index (χ0n) is 23.9. The number of hydrogen-bond donors (Lipinski definition) is 2. The molecule has 0 aliphatic carbocycles. The Morgan fingerprint density at radius 2 is 0.884 bits per heavy atom. The van der Waals surface area contributed by atoms with E-state index in [1.54, 1.807) is 48.5 Å². The molecule has 0 aliphatic rings. The third kappa shape index (κ3) is 6.28. The Morgan fingerprint density at radius 3 is 1.28 bits per heavy atom. The first-order chi connectivity index (χ1) is 20.6. The van der Waals surface area contributed by atoms with Crippen LogP contribution in [-0.4, -0.2) is 26.0 Å². The molecule has 0 saturated heterocycles. The predicted molar refractivity (Wildman–Crippen MR) is 170 cm³/mol. The van der Waals surface area contributed by atoms with E-state index in [4.69, 9.17) is 0 Å². The molecule has 8 nitrogen and oxygen atoms in total. The Labute approximate surface area is 251 Å². The van der Waals surface area contributed by atoms with Crippen LogP contribution in [0, 0.1) is 0 Å². The van der Waals surface area contributed by atoms with Gasteiger partial charge in [0.1, 0.15) is 0 Å². The highest BCUT2D eigenvalue weighted by molar-refractivity contribution is 7.89. The molecule has 0 atom stereocenters. The Hall–Kier alpha value is -4.22. The molecule has 4 aromatic carbocycles. The molecule has 2 N–H and O–H groups in total. The van der Waals surface area contributed by atoms with Gasteiger partial charge >= 0.3 is 0 Å². The van der Waals surface area contributed by atoms with Crippen LogP contribution in [0.3, 0.4) is 0 Å². The van der Waals surface area contributed by atoms with Crippen molar-refractivity contribution in [1.29, 1.82) is 0 Å². The van der Waals surface area contributed by atoms with E-state index in [0.717, 1.165) is 44.1 Å². The fraction of sp³-hybridized carbons (Fsp3) is 0.152. The van der Waals surface area contributed by atoms with Gasteiger partial charge in [0.25, 0.3) is 0 Å². The van der Waals surface area contributed by atoms with Gasteiger partial charge < -0.3 is 9.13 Å². The number of fused-ring (bicyclic) bond motifs is 2. The molecule has 43 heavy (non-hydrogen) atoms. The number of aryl methyl sites for hydroxylation is 2. The molecule has 2 heterocycles. The lowest BCUT2D eigenvalue weighted by molar-refractivity contribution is 0.579. The number of sulfonamides is 2. The maximum Gasteiger partial charge on any atom is 0.240 e. The van der Waals surface area contributed by atoms with E-state index in [1.165, 1.54) is 0 Å². The van der Waals surface area contributed by atoms with Crippen LogP contribution in [-0.2, 0) is 53.7 Å². The highest BCUT2D eigenvalue weighted by atomic mass is 32.2. The van der Waals surface area contributed by atoms with Crippen molar-refractivity contribution in [3.05, 3.63) is 132 Å². The van der Waals surface area contributed by atoms with Crippen LogP contribution >= 0.6 is 0 Å². The zero-order valence-corrected chi connectivity index (χ0v) is 25.5. The molecular weight excluding hydrogens is 581 g/mol. The number of aromatic nitrogens is 2. The smallest absolute Gasteiger partial charge is 0.240 e. The van der Waals surface area contributed by atoms with Gasteiger partial charge in [0, 0.05) is 50.6 Å². The number of hydrogen-bond acceptors (Lipinski definition) is 4. The van der Waals surface area contributed by atoms with Crippen LogP contribution in [0.1, 0.15) is 22.3 Å². The van der Waals surface area contributed by atoms with Gasteiger partial charge in [-0.05, 0) is 88.0 Å². The minimum atomic E-state index is -3.69. The van der Waals surface area contributed by atoms with Crippen molar-refractivity contribution in [2.24, 2.45) is 14.1 Å². The average Bonchev–Trinajstić information content (AvgIpc) is 3.57. The Balaban J connectivity index is 1.06. The highest BCUT2D eigenvalue weighted by Crippen LogP contribution is 2.20. The number of benzene rings is 4. The van der Waals surface area contributed by atoms with Gasteiger partial charge in [-0.1, -0.05) is 48.5 Å². The summed E-state index contributed by atoms with van der Waals surface area (Å²) in [6.45, 7) is 0.384. The molecule has 0 amide bonds. The van der Waals surface area contributed by atoms with Gasteiger partial charge in [-0.3, -0.25) is 0 Å². The second-order valence-corrected chi connectivity index (χ2v) is 14.3. The van der Waals surface area contributed by atoms with Crippen LogP contribution in [0.15, 0.2) is 119 Å². The summed E-state index contributed by atoms with van der Waals surface area (Å²) in [5, 5.41) is 2.21. The molecule has 2 aromatic heterocycles. The Kier molecular flexibility index (Phi) is 7.70. The van der Waals surface area contributed by atoms with Crippen molar-refractivity contribution in [3.63, 3.8) is 0 Å². The van der Waals surface area contributed by atoms with E-state index in [-0.39, 0.29) is 22.9 Å². The molecule has 0 unspecified atom stereocenters. The third-order valence-corrected chi connectivity index (χ3v) is 10.5. The summed E-state index contributed by atoms with van der Waals surface area (Å²) < 4.78 is 61.0. The van der Waals surface area contributed by atoms with Gasteiger partial charge in [-0.2, -0.15) is 0 Å². The number of nitrogens with one attached hydrogen (secondary N) is 2. The molecule has 220 valence electrons. The lowest BCUT2D eigenvalue weighted by atomic mass is 10.1. The topological polar surface area (TPSA) is 102 Å². The Bertz CT molecular complexity index is 1990. The monoisotopic (exact) mass is 612 g/mol. The molecule has 6 aromatic rings. The zero-order chi connectivity index (χ0) is 30.2.